The number of halogens is 2. The fourth-order valence-corrected chi connectivity index (χ4v) is 4.51. The van der Waals surface area contributed by atoms with Crippen LogP contribution in [0, 0.1) is 5.82 Å². The number of carbonyl (C=O) groups excluding carboxylic acids is 1. The molecule has 0 spiro atoms. The molecule has 1 aromatic carbocycles. The molecule has 1 saturated carbocycles. The summed E-state index contributed by atoms with van der Waals surface area (Å²) in [6.45, 7) is -0.496. The Kier molecular flexibility index (Phi) is 5.43. The first-order valence-corrected chi connectivity index (χ1v) is 11.7. The van der Waals surface area contributed by atoms with E-state index in [1.54, 1.807) is 24.4 Å². The molecule has 1 aliphatic carbocycles. The Bertz CT molecular complexity index is 1480. The maximum atomic E-state index is 14.5. The normalized spacial score (nSPS) is 17.0. The van der Waals surface area contributed by atoms with Gasteiger partial charge in [-0.05, 0) is 37.1 Å². The van der Waals surface area contributed by atoms with Crippen LogP contribution in [0.4, 0.5) is 20.2 Å². The fraction of sp³-hybridized carbons (Fsp3) is 0.269. The number of anilines is 2. The second-order valence-electron chi connectivity index (χ2n) is 8.86. The van der Waals surface area contributed by atoms with Crippen molar-refractivity contribution < 1.29 is 23.0 Å². The zero-order valence-electron chi connectivity index (χ0n) is 19.4. The molecule has 1 fully saturated rings. The summed E-state index contributed by atoms with van der Waals surface area (Å²) in [5.74, 6) is -1.00. The highest BCUT2D eigenvalue weighted by Gasteiger charge is 2.34. The number of benzene rings is 1. The quantitative estimate of drug-likeness (QED) is 0.342. The van der Waals surface area contributed by atoms with Crippen LogP contribution >= 0.6 is 0 Å². The topological polar surface area (TPSA) is 101 Å². The molecule has 8 nitrogen and oxygen atoms in total. The summed E-state index contributed by atoms with van der Waals surface area (Å²) < 4.78 is 39.6. The average Bonchev–Trinajstić information content (AvgIpc) is 3.62. The fourth-order valence-electron chi connectivity index (χ4n) is 4.51. The number of aromatic nitrogens is 3. The Morgan fingerprint density at radius 3 is 2.83 bits per heavy atom. The van der Waals surface area contributed by atoms with Gasteiger partial charge >= 0.3 is 0 Å². The van der Waals surface area contributed by atoms with Crippen molar-refractivity contribution in [3.63, 3.8) is 0 Å². The van der Waals surface area contributed by atoms with Crippen molar-refractivity contribution in [1.29, 1.82) is 0 Å². The third-order valence-corrected chi connectivity index (χ3v) is 6.43. The number of hydrogen-bond donors (Lipinski definition) is 3. The molecule has 6 rings (SSSR count). The molecular weight excluding hydrogens is 468 g/mol. The largest absolute Gasteiger partial charge is 0.492 e. The zero-order chi connectivity index (χ0) is 24.8. The van der Waals surface area contributed by atoms with E-state index in [1.165, 1.54) is 19.2 Å². The third-order valence-electron chi connectivity index (χ3n) is 6.43. The molecule has 184 valence electrons. The van der Waals surface area contributed by atoms with Gasteiger partial charge in [0, 0.05) is 36.0 Å². The second kappa shape index (κ2) is 8.78. The molecule has 4 heterocycles. The number of fused-ring (bicyclic) bond motifs is 2. The summed E-state index contributed by atoms with van der Waals surface area (Å²) in [7, 11) is 1.37. The van der Waals surface area contributed by atoms with Gasteiger partial charge in [-0.1, -0.05) is 6.07 Å². The number of nitrogens with one attached hydrogen (secondary N) is 3. The number of hydrogen-bond acceptors (Lipinski definition) is 6. The molecule has 3 aromatic heterocycles. The second-order valence-corrected chi connectivity index (χ2v) is 8.86. The monoisotopic (exact) mass is 491 g/mol. The van der Waals surface area contributed by atoms with Crippen molar-refractivity contribution in [2.24, 2.45) is 0 Å². The van der Waals surface area contributed by atoms with E-state index in [9.17, 15) is 13.6 Å². The Morgan fingerprint density at radius 2 is 2.06 bits per heavy atom. The highest BCUT2D eigenvalue weighted by molar-refractivity contribution is 6.08. The molecule has 36 heavy (non-hydrogen) atoms. The molecule has 1 atom stereocenters. The molecule has 0 bridgehead atoms. The number of methoxy groups -OCH3 is 1. The summed E-state index contributed by atoms with van der Waals surface area (Å²) in [5.41, 5.74) is 3.74. The minimum Gasteiger partial charge on any atom is -0.492 e. The maximum Gasteiger partial charge on any atom is 0.255 e. The summed E-state index contributed by atoms with van der Waals surface area (Å²) in [6, 6.07) is 9.83. The van der Waals surface area contributed by atoms with Crippen LogP contribution in [0.25, 0.3) is 22.3 Å². The van der Waals surface area contributed by atoms with E-state index in [4.69, 9.17) is 14.5 Å². The highest BCUT2D eigenvalue weighted by atomic mass is 19.1. The summed E-state index contributed by atoms with van der Waals surface area (Å²) in [4.78, 5) is 25.4. The van der Waals surface area contributed by atoms with Gasteiger partial charge in [0.2, 0.25) is 5.88 Å². The zero-order valence-corrected chi connectivity index (χ0v) is 19.4. The Balaban J connectivity index is 1.57. The van der Waals surface area contributed by atoms with E-state index >= 15 is 0 Å². The lowest BCUT2D eigenvalue weighted by molar-refractivity contribution is 0.0938. The van der Waals surface area contributed by atoms with Gasteiger partial charge < -0.3 is 25.1 Å². The van der Waals surface area contributed by atoms with E-state index in [-0.39, 0.29) is 29.9 Å². The number of alkyl halides is 1. The van der Waals surface area contributed by atoms with Crippen LogP contribution in [0.2, 0.25) is 0 Å². The lowest BCUT2D eigenvalue weighted by Crippen LogP contribution is -2.35. The predicted molar refractivity (Wildman–Crippen MR) is 130 cm³/mol. The van der Waals surface area contributed by atoms with E-state index in [1.807, 2.05) is 6.07 Å². The van der Waals surface area contributed by atoms with Crippen LogP contribution in [-0.2, 0) is 0 Å². The van der Waals surface area contributed by atoms with Gasteiger partial charge in [-0.3, -0.25) is 14.2 Å². The average molecular weight is 491 g/mol. The number of nitrogens with zero attached hydrogens (tertiary/aromatic N) is 2. The van der Waals surface area contributed by atoms with Gasteiger partial charge in [-0.25, -0.2) is 9.37 Å². The van der Waals surface area contributed by atoms with Crippen molar-refractivity contribution in [2.45, 2.75) is 24.9 Å². The third kappa shape index (κ3) is 3.78. The molecule has 0 radical (unpaired) electrons. The Morgan fingerprint density at radius 1 is 1.19 bits per heavy atom. The first kappa shape index (κ1) is 22.3. The first-order chi connectivity index (χ1) is 17.6. The predicted octanol–water partition coefficient (Wildman–Crippen LogP) is 4.85. The van der Waals surface area contributed by atoms with Crippen molar-refractivity contribution in [1.82, 2.24) is 20.3 Å². The SMILES string of the molecule is COc1c(F)cccc1Nc1c(-c2ccnc3ccc(OC4CC4)nc23)[nH]c2c1C(=O)NC[C@@H]2CF. The smallest absolute Gasteiger partial charge is 0.255 e. The summed E-state index contributed by atoms with van der Waals surface area (Å²) in [6.07, 6.45) is 3.79. The van der Waals surface area contributed by atoms with Crippen LogP contribution in [0.1, 0.15) is 34.8 Å². The van der Waals surface area contributed by atoms with Gasteiger partial charge in [0.05, 0.1) is 41.9 Å². The van der Waals surface area contributed by atoms with Gasteiger partial charge in [0.15, 0.2) is 11.6 Å². The van der Waals surface area contributed by atoms with Gasteiger partial charge in [0.1, 0.15) is 11.6 Å². The van der Waals surface area contributed by atoms with Crippen LogP contribution < -0.4 is 20.1 Å². The summed E-state index contributed by atoms with van der Waals surface area (Å²) >= 11 is 0. The van der Waals surface area contributed by atoms with Crippen LogP contribution in [-0.4, -0.2) is 47.3 Å². The molecule has 0 saturated heterocycles. The minimum absolute atomic E-state index is 0.00510. The molecular formula is C26H23F2N5O3. The first-order valence-electron chi connectivity index (χ1n) is 11.7. The molecule has 4 aromatic rings. The molecule has 2 aliphatic rings. The Hall–Kier alpha value is -4.21. The van der Waals surface area contributed by atoms with Crippen molar-refractivity contribution >= 4 is 28.3 Å². The van der Waals surface area contributed by atoms with Crippen molar-refractivity contribution in [2.75, 3.05) is 25.6 Å². The maximum absolute atomic E-state index is 14.5. The van der Waals surface area contributed by atoms with Crippen molar-refractivity contribution in [3.8, 4) is 22.9 Å². The number of rotatable bonds is 7. The highest BCUT2D eigenvalue weighted by Crippen LogP contribution is 2.43. The van der Waals surface area contributed by atoms with E-state index < -0.39 is 18.4 Å². The van der Waals surface area contributed by atoms with Gasteiger partial charge in [-0.2, -0.15) is 0 Å². The lowest BCUT2D eigenvalue weighted by atomic mass is 9.97. The van der Waals surface area contributed by atoms with Gasteiger partial charge in [0.25, 0.3) is 5.91 Å². The molecule has 1 amide bonds. The standard InChI is InChI=1S/C26H23F2N5O3/c1-35-25-16(28)3-2-4-18(25)31-24-20-21(13(11-27)12-30-26(20)34)33-23(24)15-9-10-29-17-7-8-19(32-22(15)17)36-14-5-6-14/h2-4,7-10,13-14,31,33H,5-6,11-12H2,1H3,(H,30,34)/t13-/m0/s1. The van der Waals surface area contributed by atoms with Crippen LogP contribution in [0.15, 0.2) is 42.6 Å². The minimum atomic E-state index is -0.662. The number of amides is 1. The number of para-hydroxylation sites is 1. The summed E-state index contributed by atoms with van der Waals surface area (Å²) in [5, 5.41) is 5.93. The molecule has 0 unspecified atom stereocenters. The number of ether oxygens (including phenoxy) is 2. The lowest BCUT2D eigenvalue weighted by Gasteiger charge is -2.21. The van der Waals surface area contributed by atoms with E-state index in [2.05, 4.69) is 20.6 Å². The number of pyridine rings is 2. The molecule has 10 heteroatoms. The Labute approximate surface area is 205 Å². The molecule has 1 aliphatic heterocycles. The van der Waals surface area contributed by atoms with E-state index in [0.717, 1.165) is 12.8 Å². The number of aromatic amines is 1. The number of H-pyrrole nitrogens is 1. The van der Waals surface area contributed by atoms with E-state index in [0.29, 0.717) is 45.2 Å². The van der Waals surface area contributed by atoms with Crippen LogP contribution in [0.5, 0.6) is 11.6 Å². The van der Waals surface area contributed by atoms with Crippen molar-refractivity contribution in [3.05, 3.63) is 59.7 Å². The number of carbonyl (C=O) groups is 1. The molecule has 3 N–H and O–H groups in total. The van der Waals surface area contributed by atoms with Crippen LogP contribution in [0.3, 0.4) is 0 Å². The van der Waals surface area contributed by atoms with Gasteiger partial charge in [-0.15, -0.1) is 0 Å².